The monoisotopic (exact) mass is 583 g/mol. The SMILES string of the molecule is COc1ccc(CCN(C)CCCC2(C(=O)Nc3ccc4ncccc4c3)CCc3c2ccc(OC)c3OC)cc1OC. The number of anilines is 1. The van der Waals surface area contributed by atoms with Crippen molar-refractivity contribution < 1.29 is 23.7 Å². The van der Waals surface area contributed by atoms with Crippen LogP contribution in [0.15, 0.2) is 66.9 Å². The molecule has 0 saturated heterocycles. The second-order valence-corrected chi connectivity index (χ2v) is 11.1. The molecule has 5 rings (SSSR count). The number of rotatable bonds is 13. The molecule has 0 spiro atoms. The number of pyridine rings is 1. The molecular weight excluding hydrogens is 542 g/mol. The summed E-state index contributed by atoms with van der Waals surface area (Å²) < 4.78 is 22.2. The normalized spacial score (nSPS) is 15.8. The van der Waals surface area contributed by atoms with Crippen LogP contribution in [0.25, 0.3) is 10.9 Å². The van der Waals surface area contributed by atoms with Crippen molar-refractivity contribution in [2.45, 2.75) is 37.5 Å². The summed E-state index contributed by atoms with van der Waals surface area (Å²) in [6.07, 6.45) is 5.71. The first-order chi connectivity index (χ1) is 20.9. The minimum absolute atomic E-state index is 0.00897. The summed E-state index contributed by atoms with van der Waals surface area (Å²) in [7, 11) is 8.74. The van der Waals surface area contributed by atoms with Gasteiger partial charge in [-0.1, -0.05) is 18.2 Å². The van der Waals surface area contributed by atoms with Gasteiger partial charge in [0.05, 0.1) is 39.4 Å². The minimum atomic E-state index is -0.678. The molecule has 1 amide bonds. The maximum Gasteiger partial charge on any atom is 0.235 e. The summed E-state index contributed by atoms with van der Waals surface area (Å²) in [6, 6.07) is 19.8. The number of ether oxygens (including phenoxy) is 4. The van der Waals surface area contributed by atoms with Gasteiger partial charge >= 0.3 is 0 Å². The number of nitrogens with zero attached hydrogens (tertiary/aromatic N) is 2. The molecule has 0 radical (unpaired) electrons. The lowest BCUT2D eigenvalue weighted by Crippen LogP contribution is -2.39. The molecule has 1 N–H and O–H groups in total. The van der Waals surface area contributed by atoms with Gasteiger partial charge in [0.1, 0.15) is 0 Å². The van der Waals surface area contributed by atoms with E-state index in [4.69, 9.17) is 18.9 Å². The predicted octanol–water partition coefficient (Wildman–Crippen LogP) is 6.05. The third-order valence-corrected chi connectivity index (χ3v) is 8.63. The van der Waals surface area contributed by atoms with Gasteiger partial charge in [0, 0.05) is 29.4 Å². The molecular formula is C35H41N3O5. The van der Waals surface area contributed by atoms with E-state index in [0.717, 1.165) is 83.7 Å². The molecule has 43 heavy (non-hydrogen) atoms. The number of amides is 1. The van der Waals surface area contributed by atoms with E-state index in [2.05, 4.69) is 28.3 Å². The van der Waals surface area contributed by atoms with Gasteiger partial charge in [-0.25, -0.2) is 0 Å². The van der Waals surface area contributed by atoms with Crippen LogP contribution < -0.4 is 24.3 Å². The zero-order valence-corrected chi connectivity index (χ0v) is 25.7. The first-order valence-electron chi connectivity index (χ1n) is 14.7. The molecule has 1 aliphatic carbocycles. The van der Waals surface area contributed by atoms with Crippen LogP contribution in [0.4, 0.5) is 5.69 Å². The Morgan fingerprint density at radius 2 is 1.70 bits per heavy atom. The molecule has 1 aromatic heterocycles. The van der Waals surface area contributed by atoms with Crippen LogP contribution in [0.2, 0.25) is 0 Å². The fraction of sp³-hybridized carbons (Fsp3) is 0.371. The van der Waals surface area contributed by atoms with Crippen molar-refractivity contribution in [2.75, 3.05) is 53.9 Å². The van der Waals surface area contributed by atoms with Crippen LogP contribution in [0.1, 0.15) is 36.0 Å². The first kappa shape index (κ1) is 30.2. The number of benzene rings is 3. The first-order valence-corrected chi connectivity index (χ1v) is 14.7. The summed E-state index contributed by atoms with van der Waals surface area (Å²) in [5.74, 6) is 2.89. The Morgan fingerprint density at radius 3 is 2.47 bits per heavy atom. The highest BCUT2D eigenvalue weighted by Gasteiger charge is 2.46. The Hall–Kier alpha value is -4.30. The maximum absolute atomic E-state index is 14.3. The number of fused-ring (bicyclic) bond motifs is 2. The molecule has 226 valence electrons. The molecule has 8 heteroatoms. The van der Waals surface area contributed by atoms with E-state index in [1.807, 2.05) is 54.6 Å². The second kappa shape index (κ2) is 13.3. The molecule has 8 nitrogen and oxygen atoms in total. The van der Waals surface area contributed by atoms with Crippen LogP contribution in [0.3, 0.4) is 0 Å². The van der Waals surface area contributed by atoms with Crippen molar-refractivity contribution in [1.29, 1.82) is 0 Å². The van der Waals surface area contributed by atoms with Crippen molar-refractivity contribution >= 4 is 22.5 Å². The van der Waals surface area contributed by atoms with Gasteiger partial charge in [-0.3, -0.25) is 9.78 Å². The minimum Gasteiger partial charge on any atom is -0.493 e. The molecule has 1 atom stereocenters. The van der Waals surface area contributed by atoms with E-state index in [9.17, 15) is 4.79 Å². The van der Waals surface area contributed by atoms with E-state index >= 15 is 0 Å². The number of methoxy groups -OCH3 is 4. The Labute approximate surface area is 253 Å². The molecule has 1 heterocycles. The highest BCUT2D eigenvalue weighted by atomic mass is 16.5. The van der Waals surface area contributed by atoms with Crippen LogP contribution >= 0.6 is 0 Å². The Morgan fingerprint density at radius 1 is 0.907 bits per heavy atom. The number of carbonyl (C=O) groups excluding carboxylic acids is 1. The van der Waals surface area contributed by atoms with Crippen molar-refractivity contribution in [2.24, 2.45) is 0 Å². The second-order valence-electron chi connectivity index (χ2n) is 11.1. The van der Waals surface area contributed by atoms with Crippen LogP contribution in [0.5, 0.6) is 23.0 Å². The van der Waals surface area contributed by atoms with Gasteiger partial charge in [-0.2, -0.15) is 0 Å². The molecule has 0 fully saturated rings. The number of likely N-dealkylation sites (N-methyl/N-ethyl adjacent to an activating group) is 1. The van der Waals surface area contributed by atoms with Gasteiger partial charge in [0.25, 0.3) is 0 Å². The molecule has 0 aliphatic heterocycles. The van der Waals surface area contributed by atoms with Gasteiger partial charge in [0.2, 0.25) is 5.91 Å². The van der Waals surface area contributed by atoms with Crippen molar-refractivity contribution in [3.63, 3.8) is 0 Å². The maximum atomic E-state index is 14.3. The summed E-state index contributed by atoms with van der Waals surface area (Å²) in [5.41, 5.74) is 4.26. The van der Waals surface area contributed by atoms with Gasteiger partial charge < -0.3 is 29.2 Å². The lowest BCUT2D eigenvalue weighted by atomic mass is 9.76. The average molecular weight is 584 g/mol. The van der Waals surface area contributed by atoms with Crippen LogP contribution in [-0.4, -0.2) is 64.4 Å². The topological polar surface area (TPSA) is 82.2 Å². The lowest BCUT2D eigenvalue weighted by Gasteiger charge is -2.30. The van der Waals surface area contributed by atoms with Crippen molar-refractivity contribution in [3.8, 4) is 23.0 Å². The van der Waals surface area contributed by atoms with E-state index in [-0.39, 0.29) is 5.91 Å². The fourth-order valence-corrected chi connectivity index (χ4v) is 6.29. The van der Waals surface area contributed by atoms with Gasteiger partial charge in [-0.05, 0) is 99.3 Å². The summed E-state index contributed by atoms with van der Waals surface area (Å²) in [4.78, 5) is 21.0. The van der Waals surface area contributed by atoms with Gasteiger partial charge in [-0.15, -0.1) is 0 Å². The number of nitrogens with one attached hydrogen (secondary N) is 1. The molecule has 4 aromatic rings. The van der Waals surface area contributed by atoms with Crippen LogP contribution in [-0.2, 0) is 23.1 Å². The largest absolute Gasteiger partial charge is 0.493 e. The van der Waals surface area contributed by atoms with E-state index in [1.165, 1.54) is 5.56 Å². The molecule has 0 bridgehead atoms. The quantitative estimate of drug-likeness (QED) is 0.205. The van der Waals surface area contributed by atoms with Crippen molar-refractivity contribution in [1.82, 2.24) is 9.88 Å². The summed E-state index contributed by atoms with van der Waals surface area (Å²) in [6.45, 7) is 1.76. The highest BCUT2D eigenvalue weighted by molar-refractivity contribution is 6.01. The molecule has 1 aliphatic rings. The molecule has 1 unspecified atom stereocenters. The zero-order valence-electron chi connectivity index (χ0n) is 25.7. The number of carbonyl (C=O) groups is 1. The Bertz CT molecular complexity index is 1590. The summed E-state index contributed by atoms with van der Waals surface area (Å²) >= 11 is 0. The lowest BCUT2D eigenvalue weighted by molar-refractivity contribution is -0.121. The number of aromatic nitrogens is 1. The third-order valence-electron chi connectivity index (χ3n) is 8.63. The number of hydrogen-bond acceptors (Lipinski definition) is 7. The highest BCUT2D eigenvalue weighted by Crippen LogP contribution is 2.49. The third kappa shape index (κ3) is 6.25. The molecule has 0 saturated carbocycles. The standard InChI is InChI=1S/C35H41N3O5/c1-38(21-16-24-9-13-30(40-2)32(22-24)42-4)20-7-17-35(18-15-27-28(35)11-14-31(41-3)33(27)43-5)34(39)37-26-10-12-29-25(23-26)8-6-19-36-29/h6,8-14,19,22-23H,7,15-18,20-21H2,1-5H3,(H,37,39). The number of hydrogen-bond donors (Lipinski definition) is 1. The fourth-order valence-electron chi connectivity index (χ4n) is 6.29. The predicted molar refractivity (Wildman–Crippen MR) is 170 cm³/mol. The molecule has 3 aromatic carbocycles. The smallest absolute Gasteiger partial charge is 0.235 e. The van der Waals surface area contributed by atoms with E-state index in [0.29, 0.717) is 12.2 Å². The Balaban J connectivity index is 1.33. The summed E-state index contributed by atoms with van der Waals surface area (Å²) in [5, 5.41) is 4.24. The van der Waals surface area contributed by atoms with E-state index < -0.39 is 5.41 Å². The van der Waals surface area contributed by atoms with Crippen LogP contribution in [0, 0.1) is 0 Å². The Kier molecular flexibility index (Phi) is 9.36. The van der Waals surface area contributed by atoms with E-state index in [1.54, 1.807) is 34.6 Å². The van der Waals surface area contributed by atoms with Gasteiger partial charge in [0.15, 0.2) is 23.0 Å². The van der Waals surface area contributed by atoms with Crippen molar-refractivity contribution in [3.05, 3.63) is 83.6 Å². The zero-order chi connectivity index (χ0) is 30.4. The average Bonchev–Trinajstić information content (AvgIpc) is 3.42.